The van der Waals surface area contributed by atoms with Gasteiger partial charge in [0.2, 0.25) is 17.7 Å². The SMILES string of the molecule is CC(=O)N[C@@H](CC(C)C)C(=O)N[C@H](CCC#N)C(N)=O. The predicted octanol–water partition coefficient (Wildman–Crippen LogP) is -0.189. The minimum atomic E-state index is -0.898. The number of hydrogen-bond acceptors (Lipinski definition) is 4. The van der Waals surface area contributed by atoms with Crippen LogP contribution in [-0.2, 0) is 14.4 Å². The van der Waals surface area contributed by atoms with E-state index in [1.807, 2.05) is 19.9 Å². The standard InChI is InChI=1S/C13H22N4O3/c1-8(2)7-11(16-9(3)18)13(20)17-10(12(15)19)5-4-6-14/h8,10-11H,4-5,7H2,1-3H3,(H2,15,19)(H,16,18)(H,17,20)/t10-,11+/m1/s1. The summed E-state index contributed by atoms with van der Waals surface area (Å²) in [5.41, 5.74) is 5.18. The van der Waals surface area contributed by atoms with Crippen LogP contribution in [0.5, 0.6) is 0 Å². The topological polar surface area (TPSA) is 125 Å². The van der Waals surface area contributed by atoms with E-state index < -0.39 is 23.9 Å². The van der Waals surface area contributed by atoms with Gasteiger partial charge in [0.25, 0.3) is 0 Å². The lowest BCUT2D eigenvalue weighted by Gasteiger charge is -2.22. The third-order valence-electron chi connectivity index (χ3n) is 2.61. The maximum absolute atomic E-state index is 12.1. The average Bonchev–Trinajstić information content (AvgIpc) is 2.31. The second-order valence-corrected chi connectivity index (χ2v) is 5.04. The van der Waals surface area contributed by atoms with Gasteiger partial charge in [0.15, 0.2) is 0 Å². The van der Waals surface area contributed by atoms with Gasteiger partial charge in [-0.25, -0.2) is 0 Å². The van der Waals surface area contributed by atoms with Crippen molar-refractivity contribution in [2.24, 2.45) is 11.7 Å². The van der Waals surface area contributed by atoms with E-state index in [9.17, 15) is 14.4 Å². The van der Waals surface area contributed by atoms with E-state index in [1.54, 1.807) is 0 Å². The van der Waals surface area contributed by atoms with E-state index >= 15 is 0 Å². The molecular formula is C13H22N4O3. The van der Waals surface area contributed by atoms with E-state index in [1.165, 1.54) is 6.92 Å². The summed E-state index contributed by atoms with van der Waals surface area (Å²) in [5, 5.41) is 13.5. The molecule has 0 saturated carbocycles. The van der Waals surface area contributed by atoms with Crippen LogP contribution in [0.15, 0.2) is 0 Å². The van der Waals surface area contributed by atoms with Crippen LogP contribution in [-0.4, -0.2) is 29.8 Å². The monoisotopic (exact) mass is 282 g/mol. The first-order valence-electron chi connectivity index (χ1n) is 6.51. The highest BCUT2D eigenvalue weighted by Crippen LogP contribution is 2.06. The van der Waals surface area contributed by atoms with Crippen molar-refractivity contribution < 1.29 is 14.4 Å². The van der Waals surface area contributed by atoms with Gasteiger partial charge in [-0.3, -0.25) is 14.4 Å². The molecule has 0 bridgehead atoms. The summed E-state index contributed by atoms with van der Waals surface area (Å²) in [5.74, 6) is -1.28. The number of carbonyl (C=O) groups is 3. The molecule has 0 fully saturated rings. The summed E-state index contributed by atoms with van der Waals surface area (Å²) in [6, 6.07) is 0.282. The number of hydrogen-bond donors (Lipinski definition) is 3. The van der Waals surface area contributed by atoms with E-state index in [-0.39, 0.29) is 24.7 Å². The van der Waals surface area contributed by atoms with Gasteiger partial charge in [0.1, 0.15) is 12.1 Å². The number of nitrogens with one attached hydrogen (secondary N) is 2. The normalized spacial score (nSPS) is 13.2. The molecule has 0 aliphatic rings. The highest BCUT2D eigenvalue weighted by Gasteiger charge is 2.25. The van der Waals surface area contributed by atoms with Crippen LogP contribution >= 0.6 is 0 Å². The highest BCUT2D eigenvalue weighted by molar-refractivity contribution is 5.91. The Labute approximate surface area is 118 Å². The molecule has 3 amide bonds. The molecular weight excluding hydrogens is 260 g/mol. The average molecular weight is 282 g/mol. The minimum Gasteiger partial charge on any atom is -0.368 e. The fraction of sp³-hybridized carbons (Fsp3) is 0.692. The third kappa shape index (κ3) is 7.36. The van der Waals surface area contributed by atoms with Crippen molar-refractivity contribution in [3.05, 3.63) is 0 Å². The lowest BCUT2D eigenvalue weighted by atomic mass is 10.0. The second-order valence-electron chi connectivity index (χ2n) is 5.04. The zero-order valence-corrected chi connectivity index (χ0v) is 12.1. The Kier molecular flexibility index (Phi) is 7.97. The molecule has 0 saturated heterocycles. The molecule has 7 nitrogen and oxygen atoms in total. The number of nitrogens with two attached hydrogens (primary N) is 1. The maximum atomic E-state index is 12.1. The van der Waals surface area contributed by atoms with E-state index in [4.69, 9.17) is 11.0 Å². The molecule has 0 unspecified atom stereocenters. The van der Waals surface area contributed by atoms with Crippen LogP contribution in [0, 0.1) is 17.2 Å². The zero-order chi connectivity index (χ0) is 15.7. The number of carbonyl (C=O) groups excluding carboxylic acids is 3. The van der Waals surface area contributed by atoms with Crippen molar-refractivity contribution in [2.75, 3.05) is 0 Å². The van der Waals surface area contributed by atoms with Crippen LogP contribution in [0.4, 0.5) is 0 Å². The summed E-state index contributed by atoms with van der Waals surface area (Å²) in [6.45, 7) is 5.16. The minimum absolute atomic E-state index is 0.114. The van der Waals surface area contributed by atoms with Crippen molar-refractivity contribution in [3.8, 4) is 6.07 Å². The highest BCUT2D eigenvalue weighted by atomic mass is 16.2. The van der Waals surface area contributed by atoms with Crippen LogP contribution in [0.25, 0.3) is 0 Å². The molecule has 0 aromatic carbocycles. The van der Waals surface area contributed by atoms with Crippen LogP contribution in [0.3, 0.4) is 0 Å². The maximum Gasteiger partial charge on any atom is 0.243 e. The first kappa shape index (κ1) is 17.9. The van der Waals surface area contributed by atoms with E-state index in [0.717, 1.165) is 0 Å². The Morgan fingerprint density at radius 2 is 1.80 bits per heavy atom. The lowest BCUT2D eigenvalue weighted by Crippen LogP contribution is -2.53. The summed E-state index contributed by atoms with van der Waals surface area (Å²) < 4.78 is 0. The number of amides is 3. The summed E-state index contributed by atoms with van der Waals surface area (Å²) >= 11 is 0. The van der Waals surface area contributed by atoms with E-state index in [2.05, 4.69) is 10.6 Å². The first-order valence-corrected chi connectivity index (χ1v) is 6.51. The molecule has 0 aliphatic carbocycles. The quantitative estimate of drug-likeness (QED) is 0.570. The summed E-state index contributed by atoms with van der Waals surface area (Å²) in [4.78, 5) is 34.4. The number of primary amides is 1. The van der Waals surface area contributed by atoms with Gasteiger partial charge < -0.3 is 16.4 Å². The molecule has 0 aliphatic heterocycles. The van der Waals surface area contributed by atoms with Crippen LogP contribution in [0.2, 0.25) is 0 Å². The van der Waals surface area contributed by atoms with Gasteiger partial charge in [-0.15, -0.1) is 0 Å². The fourth-order valence-electron chi connectivity index (χ4n) is 1.72. The Morgan fingerprint density at radius 1 is 1.20 bits per heavy atom. The molecule has 20 heavy (non-hydrogen) atoms. The molecule has 4 N–H and O–H groups in total. The summed E-state index contributed by atoms with van der Waals surface area (Å²) in [7, 11) is 0. The number of rotatable bonds is 8. The Morgan fingerprint density at radius 3 is 2.20 bits per heavy atom. The Balaban J connectivity index is 4.73. The van der Waals surface area contributed by atoms with Crippen molar-refractivity contribution in [1.82, 2.24) is 10.6 Å². The van der Waals surface area contributed by atoms with E-state index in [0.29, 0.717) is 6.42 Å². The second kappa shape index (κ2) is 8.91. The molecule has 0 heterocycles. The van der Waals surface area contributed by atoms with Crippen LogP contribution in [0.1, 0.15) is 40.0 Å². The lowest BCUT2D eigenvalue weighted by molar-refractivity contribution is -0.131. The van der Waals surface area contributed by atoms with Crippen molar-refractivity contribution in [1.29, 1.82) is 5.26 Å². The molecule has 0 aromatic rings. The first-order chi connectivity index (χ1) is 9.27. The zero-order valence-electron chi connectivity index (χ0n) is 12.1. The molecule has 0 rings (SSSR count). The smallest absolute Gasteiger partial charge is 0.243 e. The fourth-order valence-corrected chi connectivity index (χ4v) is 1.72. The number of nitriles is 1. The van der Waals surface area contributed by atoms with Crippen LogP contribution < -0.4 is 16.4 Å². The third-order valence-corrected chi connectivity index (χ3v) is 2.61. The molecule has 2 atom stereocenters. The van der Waals surface area contributed by atoms with Gasteiger partial charge in [-0.2, -0.15) is 5.26 Å². The molecule has 112 valence electrons. The Hall–Kier alpha value is -2.10. The van der Waals surface area contributed by atoms with Gasteiger partial charge in [-0.05, 0) is 18.8 Å². The molecule has 0 aromatic heterocycles. The van der Waals surface area contributed by atoms with Crippen molar-refractivity contribution >= 4 is 17.7 Å². The Bertz CT molecular complexity index is 401. The summed E-state index contributed by atoms with van der Waals surface area (Å²) in [6.07, 6.45) is 0.726. The predicted molar refractivity (Wildman–Crippen MR) is 73.0 cm³/mol. The largest absolute Gasteiger partial charge is 0.368 e. The van der Waals surface area contributed by atoms with Gasteiger partial charge in [0.05, 0.1) is 6.07 Å². The van der Waals surface area contributed by atoms with Crippen molar-refractivity contribution in [2.45, 2.75) is 52.1 Å². The molecule has 0 radical (unpaired) electrons. The molecule has 0 spiro atoms. The van der Waals surface area contributed by atoms with Gasteiger partial charge in [-0.1, -0.05) is 13.8 Å². The van der Waals surface area contributed by atoms with Gasteiger partial charge >= 0.3 is 0 Å². The number of nitrogens with zero attached hydrogens (tertiary/aromatic N) is 1. The van der Waals surface area contributed by atoms with Crippen molar-refractivity contribution in [3.63, 3.8) is 0 Å². The van der Waals surface area contributed by atoms with Gasteiger partial charge in [0, 0.05) is 13.3 Å². The molecule has 7 heteroatoms.